The largest absolute Gasteiger partial charge is 0.494 e. The maximum absolute atomic E-state index is 12.3. The number of rotatable bonds is 4. The van der Waals surface area contributed by atoms with E-state index in [-0.39, 0.29) is 5.91 Å². The summed E-state index contributed by atoms with van der Waals surface area (Å²) in [4.78, 5) is 12.3. The molecule has 0 radical (unpaired) electrons. The second-order valence-corrected chi connectivity index (χ2v) is 5.12. The summed E-state index contributed by atoms with van der Waals surface area (Å²) in [7, 11) is 0. The van der Waals surface area contributed by atoms with E-state index in [0.717, 1.165) is 12.2 Å². The van der Waals surface area contributed by atoms with E-state index in [9.17, 15) is 4.79 Å². The molecule has 0 fully saturated rings. The quantitative estimate of drug-likeness (QED) is 0.938. The van der Waals surface area contributed by atoms with Crippen molar-refractivity contribution in [3.05, 3.63) is 48.0 Å². The first-order valence-electron chi connectivity index (χ1n) is 7.70. The molecule has 120 valence electrons. The lowest BCUT2D eigenvalue weighted by atomic mass is 10.2. The Morgan fingerprint density at radius 3 is 2.57 bits per heavy atom. The monoisotopic (exact) mass is 313 g/mol. The lowest BCUT2D eigenvalue weighted by Gasteiger charge is -2.10. The molecule has 0 saturated heterocycles. The average Bonchev–Trinajstić information content (AvgIpc) is 2.80. The molecule has 0 atom stereocenters. The van der Waals surface area contributed by atoms with Crippen molar-refractivity contribution in [2.75, 3.05) is 25.1 Å². The van der Waals surface area contributed by atoms with Crippen molar-refractivity contribution in [1.82, 2.24) is 0 Å². The number of anilines is 1. The molecule has 0 aliphatic carbocycles. The van der Waals surface area contributed by atoms with Crippen LogP contribution in [0.5, 0.6) is 17.2 Å². The number of nitrogens with one attached hydrogen (secondary N) is 1. The van der Waals surface area contributed by atoms with Crippen molar-refractivity contribution in [2.24, 2.45) is 0 Å². The van der Waals surface area contributed by atoms with Gasteiger partial charge in [-0.2, -0.15) is 0 Å². The molecule has 1 N–H and O–H groups in total. The fourth-order valence-electron chi connectivity index (χ4n) is 2.31. The average molecular weight is 313 g/mol. The van der Waals surface area contributed by atoms with E-state index in [2.05, 4.69) is 5.32 Å². The summed E-state index contributed by atoms with van der Waals surface area (Å²) in [6.07, 6.45) is 0.850. The minimum Gasteiger partial charge on any atom is -0.494 e. The Labute approximate surface area is 135 Å². The van der Waals surface area contributed by atoms with Crippen LogP contribution in [0.4, 0.5) is 5.69 Å². The molecule has 1 heterocycles. The van der Waals surface area contributed by atoms with Crippen LogP contribution in [0, 0.1) is 0 Å². The standard InChI is InChI=1S/C18H19NO4/c1-2-21-15-7-4-13(5-8-15)18(20)19-14-6-9-16-17(12-14)23-11-3-10-22-16/h4-9,12H,2-3,10-11H2,1H3,(H,19,20). The van der Waals surface area contributed by atoms with E-state index in [1.807, 2.05) is 13.0 Å². The maximum Gasteiger partial charge on any atom is 0.255 e. The van der Waals surface area contributed by atoms with E-state index >= 15 is 0 Å². The number of fused-ring (bicyclic) bond motifs is 1. The van der Waals surface area contributed by atoms with Crippen LogP contribution in [-0.4, -0.2) is 25.7 Å². The number of hydrogen-bond donors (Lipinski definition) is 1. The fourth-order valence-corrected chi connectivity index (χ4v) is 2.31. The van der Waals surface area contributed by atoms with Gasteiger partial charge in [0.25, 0.3) is 5.91 Å². The summed E-state index contributed by atoms with van der Waals surface area (Å²) in [5, 5.41) is 2.86. The van der Waals surface area contributed by atoms with E-state index in [0.29, 0.717) is 42.6 Å². The first kappa shape index (κ1) is 15.2. The Balaban J connectivity index is 1.71. The third-order valence-corrected chi connectivity index (χ3v) is 3.43. The van der Waals surface area contributed by atoms with E-state index < -0.39 is 0 Å². The van der Waals surface area contributed by atoms with Gasteiger partial charge in [0.1, 0.15) is 5.75 Å². The highest BCUT2D eigenvalue weighted by molar-refractivity contribution is 6.04. The SMILES string of the molecule is CCOc1ccc(C(=O)Nc2ccc3c(c2)OCCCO3)cc1. The van der Waals surface area contributed by atoms with Gasteiger partial charge in [-0.3, -0.25) is 4.79 Å². The van der Waals surface area contributed by atoms with Crippen LogP contribution < -0.4 is 19.5 Å². The van der Waals surface area contributed by atoms with Crippen LogP contribution in [0.3, 0.4) is 0 Å². The van der Waals surface area contributed by atoms with Crippen LogP contribution in [-0.2, 0) is 0 Å². The normalized spacial score (nSPS) is 13.1. The number of benzene rings is 2. The second kappa shape index (κ2) is 7.05. The molecule has 0 aromatic heterocycles. The molecule has 3 rings (SSSR count). The van der Waals surface area contributed by atoms with Crippen LogP contribution in [0.2, 0.25) is 0 Å². The highest BCUT2D eigenvalue weighted by Crippen LogP contribution is 2.32. The molecule has 1 amide bonds. The Morgan fingerprint density at radius 1 is 1.09 bits per heavy atom. The zero-order chi connectivity index (χ0) is 16.1. The van der Waals surface area contributed by atoms with Crippen molar-refractivity contribution in [2.45, 2.75) is 13.3 Å². The summed E-state index contributed by atoms with van der Waals surface area (Å²) < 4.78 is 16.6. The highest BCUT2D eigenvalue weighted by atomic mass is 16.5. The van der Waals surface area contributed by atoms with Gasteiger partial charge in [-0.15, -0.1) is 0 Å². The van der Waals surface area contributed by atoms with E-state index in [1.165, 1.54) is 0 Å². The third kappa shape index (κ3) is 3.74. The number of amides is 1. The highest BCUT2D eigenvalue weighted by Gasteiger charge is 2.12. The van der Waals surface area contributed by atoms with Crippen LogP contribution in [0.1, 0.15) is 23.7 Å². The maximum atomic E-state index is 12.3. The lowest BCUT2D eigenvalue weighted by Crippen LogP contribution is -2.11. The van der Waals surface area contributed by atoms with Crippen molar-refractivity contribution >= 4 is 11.6 Å². The van der Waals surface area contributed by atoms with E-state index in [1.54, 1.807) is 36.4 Å². The molecule has 0 unspecified atom stereocenters. The van der Waals surface area contributed by atoms with Gasteiger partial charge in [0.2, 0.25) is 0 Å². The van der Waals surface area contributed by atoms with Crippen molar-refractivity contribution in [1.29, 1.82) is 0 Å². The molecule has 23 heavy (non-hydrogen) atoms. The lowest BCUT2D eigenvalue weighted by molar-refractivity contribution is 0.102. The topological polar surface area (TPSA) is 56.8 Å². The van der Waals surface area contributed by atoms with Crippen LogP contribution in [0.15, 0.2) is 42.5 Å². The minimum absolute atomic E-state index is 0.178. The van der Waals surface area contributed by atoms with Crippen LogP contribution in [0.25, 0.3) is 0 Å². The second-order valence-electron chi connectivity index (χ2n) is 5.12. The first-order valence-corrected chi connectivity index (χ1v) is 7.70. The molecule has 5 heteroatoms. The summed E-state index contributed by atoms with van der Waals surface area (Å²) in [6, 6.07) is 12.5. The number of ether oxygens (including phenoxy) is 3. The summed E-state index contributed by atoms with van der Waals surface area (Å²) in [6.45, 7) is 3.78. The number of carbonyl (C=O) groups excluding carboxylic acids is 1. The summed E-state index contributed by atoms with van der Waals surface area (Å²) in [5.41, 5.74) is 1.24. The molecule has 5 nitrogen and oxygen atoms in total. The van der Waals surface area contributed by atoms with Crippen molar-refractivity contribution in [3.8, 4) is 17.2 Å². The summed E-state index contributed by atoms with van der Waals surface area (Å²) in [5.74, 6) is 1.94. The van der Waals surface area contributed by atoms with Gasteiger partial charge in [0.15, 0.2) is 11.5 Å². The van der Waals surface area contributed by atoms with Gasteiger partial charge in [-0.25, -0.2) is 0 Å². The predicted molar refractivity (Wildman–Crippen MR) is 87.6 cm³/mol. The fraction of sp³-hybridized carbons (Fsp3) is 0.278. The predicted octanol–water partition coefficient (Wildman–Crippen LogP) is 3.50. The smallest absolute Gasteiger partial charge is 0.255 e. The summed E-state index contributed by atoms with van der Waals surface area (Å²) >= 11 is 0. The zero-order valence-corrected chi connectivity index (χ0v) is 13.0. The first-order chi connectivity index (χ1) is 11.3. The Hall–Kier alpha value is -2.69. The number of hydrogen-bond acceptors (Lipinski definition) is 4. The Kier molecular flexibility index (Phi) is 4.66. The molecular formula is C18H19NO4. The number of carbonyl (C=O) groups is 1. The Morgan fingerprint density at radius 2 is 1.83 bits per heavy atom. The van der Waals surface area contributed by atoms with Gasteiger partial charge >= 0.3 is 0 Å². The third-order valence-electron chi connectivity index (χ3n) is 3.43. The minimum atomic E-state index is -0.178. The molecule has 1 aliphatic heterocycles. The van der Waals surface area contributed by atoms with Crippen LogP contribution >= 0.6 is 0 Å². The molecule has 1 aliphatic rings. The molecule has 0 spiro atoms. The van der Waals surface area contributed by atoms with Crippen molar-refractivity contribution < 1.29 is 19.0 Å². The van der Waals surface area contributed by atoms with Crippen molar-refractivity contribution in [3.63, 3.8) is 0 Å². The molecule has 2 aromatic carbocycles. The molecule has 0 bridgehead atoms. The van der Waals surface area contributed by atoms with Gasteiger partial charge in [-0.1, -0.05) is 0 Å². The Bertz CT molecular complexity index is 682. The molecule has 2 aromatic rings. The zero-order valence-electron chi connectivity index (χ0n) is 13.0. The molecule has 0 saturated carbocycles. The van der Waals surface area contributed by atoms with Gasteiger partial charge in [0.05, 0.1) is 19.8 Å². The van der Waals surface area contributed by atoms with E-state index in [4.69, 9.17) is 14.2 Å². The van der Waals surface area contributed by atoms with Gasteiger partial charge in [-0.05, 0) is 43.3 Å². The molecular weight excluding hydrogens is 294 g/mol. The van der Waals surface area contributed by atoms with Gasteiger partial charge in [0, 0.05) is 23.7 Å². The van der Waals surface area contributed by atoms with Gasteiger partial charge < -0.3 is 19.5 Å².